The molecule has 0 bridgehead atoms. The van der Waals surface area contributed by atoms with Crippen LogP contribution in [0.25, 0.3) is 0 Å². The average molecular weight is 492 g/mol. The number of rotatable bonds is 10. The number of non-ortho nitro benzene ring substituents is 2. The van der Waals surface area contributed by atoms with Gasteiger partial charge < -0.3 is 9.47 Å². The van der Waals surface area contributed by atoms with Crippen LogP contribution in [0.4, 0.5) is 11.4 Å². The highest BCUT2D eigenvalue weighted by Gasteiger charge is 2.17. The van der Waals surface area contributed by atoms with Crippen LogP contribution in [-0.4, -0.2) is 46.6 Å². The second-order valence-electron chi connectivity index (χ2n) is 7.19. The van der Waals surface area contributed by atoms with E-state index in [4.69, 9.17) is 9.47 Å². The number of nitro groups is 2. The van der Waals surface area contributed by atoms with Gasteiger partial charge in [-0.25, -0.2) is 9.59 Å². The van der Waals surface area contributed by atoms with E-state index in [0.717, 1.165) is 12.1 Å². The van der Waals surface area contributed by atoms with Gasteiger partial charge in [0.2, 0.25) is 11.6 Å². The molecule has 0 heterocycles. The van der Waals surface area contributed by atoms with E-state index in [-0.39, 0.29) is 33.6 Å². The first-order valence-corrected chi connectivity index (χ1v) is 10.2. The lowest BCUT2D eigenvalue weighted by Crippen LogP contribution is -2.16. The molecule has 12 nitrogen and oxygen atoms in total. The van der Waals surface area contributed by atoms with Crippen LogP contribution in [0.2, 0.25) is 0 Å². The Morgan fingerprint density at radius 3 is 1.28 bits per heavy atom. The summed E-state index contributed by atoms with van der Waals surface area (Å²) in [7, 11) is 0. The molecule has 0 aliphatic rings. The highest BCUT2D eigenvalue weighted by molar-refractivity contribution is 6.01. The number of hydrogen-bond donors (Lipinski definition) is 0. The van der Waals surface area contributed by atoms with Crippen LogP contribution in [-0.2, 0) is 9.47 Å². The van der Waals surface area contributed by atoms with Crippen LogP contribution in [0.1, 0.15) is 41.4 Å². The smallest absolute Gasteiger partial charge is 0.338 e. The predicted molar refractivity (Wildman–Crippen MR) is 122 cm³/mol. The predicted octanol–water partition coefficient (Wildman–Crippen LogP) is 3.58. The summed E-state index contributed by atoms with van der Waals surface area (Å²) in [6.45, 7) is -1.30. The first-order chi connectivity index (χ1) is 17.2. The normalized spacial score (nSPS) is 10.2. The SMILES string of the molecule is O=C(COC(=O)c1ccc(C(=O)OCC(=O)c2cccc([N+](=O)[O-])c2)cc1)c1cccc([N+](=O)[O-])c1. The van der Waals surface area contributed by atoms with Crippen molar-refractivity contribution < 1.29 is 38.5 Å². The highest BCUT2D eigenvalue weighted by Crippen LogP contribution is 2.15. The zero-order valence-corrected chi connectivity index (χ0v) is 18.3. The third-order valence-electron chi connectivity index (χ3n) is 4.78. The summed E-state index contributed by atoms with van der Waals surface area (Å²) in [6, 6.07) is 15.0. The van der Waals surface area contributed by atoms with Gasteiger partial charge in [0.1, 0.15) is 0 Å². The largest absolute Gasteiger partial charge is 0.454 e. The molecule has 0 atom stereocenters. The number of ketones is 2. The van der Waals surface area contributed by atoms with Gasteiger partial charge in [-0.1, -0.05) is 24.3 Å². The zero-order valence-electron chi connectivity index (χ0n) is 18.3. The molecule has 12 heteroatoms. The number of hydrogen-bond acceptors (Lipinski definition) is 10. The Labute approximate surface area is 202 Å². The Hall–Kier alpha value is -5.26. The minimum atomic E-state index is -0.866. The maximum atomic E-state index is 12.2. The summed E-state index contributed by atoms with van der Waals surface area (Å²) in [5, 5.41) is 21.6. The molecule has 0 amide bonds. The van der Waals surface area contributed by atoms with Gasteiger partial charge >= 0.3 is 11.9 Å². The van der Waals surface area contributed by atoms with Crippen LogP contribution < -0.4 is 0 Å². The van der Waals surface area contributed by atoms with Crippen molar-refractivity contribution in [3.05, 3.63) is 115 Å². The fraction of sp³-hybridized carbons (Fsp3) is 0.0833. The number of esters is 2. The lowest BCUT2D eigenvalue weighted by Gasteiger charge is -2.07. The van der Waals surface area contributed by atoms with Crippen molar-refractivity contribution in [1.29, 1.82) is 0 Å². The molecule has 36 heavy (non-hydrogen) atoms. The first kappa shape index (κ1) is 25.4. The summed E-state index contributed by atoms with van der Waals surface area (Å²) >= 11 is 0. The topological polar surface area (TPSA) is 173 Å². The van der Waals surface area contributed by atoms with Crippen LogP contribution in [0.15, 0.2) is 72.8 Å². The van der Waals surface area contributed by atoms with Crippen LogP contribution in [0, 0.1) is 20.2 Å². The van der Waals surface area contributed by atoms with Crippen LogP contribution in [0.3, 0.4) is 0 Å². The third-order valence-corrected chi connectivity index (χ3v) is 4.78. The number of ether oxygens (including phenoxy) is 2. The van der Waals surface area contributed by atoms with Crippen LogP contribution >= 0.6 is 0 Å². The molecule has 3 aromatic rings. The molecule has 0 N–H and O–H groups in total. The van der Waals surface area contributed by atoms with Crippen LogP contribution in [0.5, 0.6) is 0 Å². The molecular weight excluding hydrogens is 476 g/mol. The van der Waals surface area contributed by atoms with E-state index in [9.17, 15) is 39.4 Å². The molecule has 0 fully saturated rings. The molecule has 3 rings (SSSR count). The first-order valence-electron chi connectivity index (χ1n) is 10.2. The minimum absolute atomic E-state index is 0.00903. The number of nitro benzene ring substituents is 2. The Bertz CT molecular complexity index is 1260. The van der Waals surface area contributed by atoms with Gasteiger partial charge in [0, 0.05) is 35.4 Å². The number of carbonyl (C=O) groups is 4. The van der Waals surface area contributed by atoms with Crippen molar-refractivity contribution in [3.8, 4) is 0 Å². The number of benzene rings is 3. The van der Waals surface area contributed by atoms with Crippen molar-refractivity contribution in [2.45, 2.75) is 0 Å². The molecule has 0 radical (unpaired) electrons. The average Bonchev–Trinajstić information content (AvgIpc) is 2.90. The number of nitrogens with zero attached hydrogens (tertiary/aromatic N) is 2. The zero-order chi connectivity index (χ0) is 26.2. The van der Waals surface area contributed by atoms with Gasteiger partial charge in [-0.15, -0.1) is 0 Å². The van der Waals surface area contributed by atoms with E-state index < -0.39 is 46.6 Å². The molecule has 0 aliphatic carbocycles. The van der Waals surface area contributed by atoms with Gasteiger partial charge in [-0.3, -0.25) is 29.8 Å². The van der Waals surface area contributed by atoms with Gasteiger partial charge in [0.05, 0.1) is 21.0 Å². The summed E-state index contributed by atoms with van der Waals surface area (Å²) < 4.78 is 9.86. The molecule has 3 aromatic carbocycles. The second kappa shape index (κ2) is 11.2. The molecule has 0 unspecified atom stereocenters. The number of carbonyl (C=O) groups excluding carboxylic acids is 4. The van der Waals surface area contributed by atoms with E-state index in [1.807, 2.05) is 0 Å². The molecule has 0 spiro atoms. The molecule has 0 aromatic heterocycles. The van der Waals surface area contributed by atoms with E-state index in [1.165, 1.54) is 60.7 Å². The second-order valence-corrected chi connectivity index (χ2v) is 7.19. The maximum Gasteiger partial charge on any atom is 0.338 e. The summed E-state index contributed by atoms with van der Waals surface area (Å²) in [5.41, 5.74) is -0.496. The Kier molecular flexibility index (Phi) is 7.92. The Morgan fingerprint density at radius 2 is 0.944 bits per heavy atom. The van der Waals surface area contributed by atoms with E-state index in [0.29, 0.717) is 0 Å². The van der Waals surface area contributed by atoms with Gasteiger partial charge in [-0.05, 0) is 24.3 Å². The molecule has 0 saturated heterocycles. The Balaban J connectivity index is 1.53. The van der Waals surface area contributed by atoms with Crippen molar-refractivity contribution in [1.82, 2.24) is 0 Å². The molecule has 0 aliphatic heterocycles. The van der Waals surface area contributed by atoms with E-state index >= 15 is 0 Å². The van der Waals surface area contributed by atoms with Crippen molar-refractivity contribution in [3.63, 3.8) is 0 Å². The molecular formula is C24H16N2O10. The summed E-state index contributed by atoms with van der Waals surface area (Å²) in [4.78, 5) is 69.0. The van der Waals surface area contributed by atoms with E-state index in [1.54, 1.807) is 0 Å². The van der Waals surface area contributed by atoms with Gasteiger partial charge in [-0.2, -0.15) is 0 Å². The van der Waals surface area contributed by atoms with Crippen molar-refractivity contribution in [2.24, 2.45) is 0 Å². The Morgan fingerprint density at radius 1 is 0.583 bits per heavy atom. The monoisotopic (exact) mass is 492 g/mol. The van der Waals surface area contributed by atoms with Crippen molar-refractivity contribution in [2.75, 3.05) is 13.2 Å². The summed E-state index contributed by atoms with van der Waals surface area (Å²) in [5.74, 6) is -3.01. The third kappa shape index (κ3) is 6.41. The lowest BCUT2D eigenvalue weighted by molar-refractivity contribution is -0.385. The fourth-order valence-corrected chi connectivity index (χ4v) is 2.92. The lowest BCUT2D eigenvalue weighted by atomic mass is 10.1. The van der Waals surface area contributed by atoms with E-state index in [2.05, 4.69) is 0 Å². The highest BCUT2D eigenvalue weighted by atomic mass is 16.6. The fourth-order valence-electron chi connectivity index (χ4n) is 2.92. The minimum Gasteiger partial charge on any atom is -0.454 e. The molecule has 182 valence electrons. The summed E-state index contributed by atoms with van der Waals surface area (Å²) in [6.07, 6.45) is 0. The van der Waals surface area contributed by atoms with Crippen molar-refractivity contribution >= 4 is 34.9 Å². The maximum absolute atomic E-state index is 12.2. The van der Waals surface area contributed by atoms with Gasteiger partial charge in [0.25, 0.3) is 11.4 Å². The molecule has 0 saturated carbocycles. The standard InChI is InChI=1S/C24H16N2O10/c27-21(17-3-1-5-19(11-17)25(31)32)13-35-23(29)15-7-9-16(10-8-15)24(30)36-14-22(28)18-4-2-6-20(12-18)26(33)34/h1-12H,13-14H2. The van der Waals surface area contributed by atoms with Gasteiger partial charge in [0.15, 0.2) is 13.2 Å². The number of Topliss-reactive ketones (excluding diaryl/α,β-unsaturated/α-hetero) is 2. The quantitative estimate of drug-likeness (QED) is 0.176.